The molecule has 2 heterocycles. The highest BCUT2D eigenvalue weighted by Gasteiger charge is 2.49. The van der Waals surface area contributed by atoms with Crippen LogP contribution in [0.4, 0.5) is 4.39 Å². The monoisotopic (exact) mass is 279 g/mol. The second kappa shape index (κ2) is 5.18. The molecule has 0 atom stereocenters. The Kier molecular flexibility index (Phi) is 3.89. The summed E-state index contributed by atoms with van der Waals surface area (Å²) in [4.78, 5) is 4.03. The Balaban J connectivity index is 2.12. The van der Waals surface area contributed by atoms with Gasteiger partial charge < -0.3 is 14.0 Å². The molecule has 20 heavy (non-hydrogen) atoms. The normalized spacial score (nSPS) is 20.6. The Morgan fingerprint density at radius 2 is 1.80 bits per heavy atom. The van der Waals surface area contributed by atoms with Crippen LogP contribution in [0.15, 0.2) is 18.1 Å². The van der Waals surface area contributed by atoms with Gasteiger partial charge in [0.2, 0.25) is 0 Å². The summed E-state index contributed by atoms with van der Waals surface area (Å²) in [5.41, 5.74) is -0.177. The Morgan fingerprint density at radius 1 is 1.20 bits per heavy atom. The number of nitrogens with zero attached hydrogens (tertiary/aromatic N) is 1. The van der Waals surface area contributed by atoms with Gasteiger partial charge in [0.05, 0.1) is 24.0 Å². The summed E-state index contributed by atoms with van der Waals surface area (Å²) < 4.78 is 29.7. The van der Waals surface area contributed by atoms with Crippen molar-refractivity contribution in [1.82, 2.24) is 4.98 Å². The predicted molar refractivity (Wildman–Crippen MR) is 75.9 cm³/mol. The minimum Gasteiger partial charge on any atom is -0.479 e. The van der Waals surface area contributed by atoms with Crippen LogP contribution in [0, 0.1) is 5.82 Å². The van der Waals surface area contributed by atoms with Crippen molar-refractivity contribution < 1.29 is 18.4 Å². The van der Waals surface area contributed by atoms with Crippen molar-refractivity contribution in [2.75, 3.05) is 7.11 Å². The first-order valence-corrected chi connectivity index (χ1v) is 6.49. The molecule has 0 bridgehead atoms. The van der Waals surface area contributed by atoms with Crippen LogP contribution in [-0.4, -0.2) is 30.4 Å². The summed E-state index contributed by atoms with van der Waals surface area (Å²) in [5, 5.41) is 0. The van der Waals surface area contributed by atoms with E-state index in [0.29, 0.717) is 5.69 Å². The average molecular weight is 279 g/mol. The van der Waals surface area contributed by atoms with Crippen molar-refractivity contribution in [3.8, 4) is 5.88 Å². The van der Waals surface area contributed by atoms with E-state index in [-0.39, 0.29) is 17.1 Å². The zero-order valence-electron chi connectivity index (χ0n) is 12.4. The van der Waals surface area contributed by atoms with Gasteiger partial charge in [-0.05, 0) is 45.9 Å². The molecule has 0 unspecified atom stereocenters. The molecule has 4 nitrogen and oxygen atoms in total. The maximum Gasteiger partial charge on any atom is 0.487 e. The molecule has 1 fully saturated rings. The molecule has 0 saturated carbocycles. The molecule has 0 amide bonds. The van der Waals surface area contributed by atoms with E-state index < -0.39 is 12.9 Å². The van der Waals surface area contributed by atoms with E-state index in [9.17, 15) is 4.39 Å². The van der Waals surface area contributed by atoms with E-state index in [2.05, 4.69) is 4.98 Å². The van der Waals surface area contributed by atoms with Gasteiger partial charge in [0.25, 0.3) is 5.88 Å². The maximum atomic E-state index is 13.3. The first-order chi connectivity index (χ1) is 9.25. The lowest BCUT2D eigenvalue weighted by Gasteiger charge is -2.32. The highest BCUT2D eigenvalue weighted by Crippen LogP contribution is 2.37. The van der Waals surface area contributed by atoms with Gasteiger partial charge in [0, 0.05) is 0 Å². The number of halogens is 1. The Bertz CT molecular complexity index is 515. The van der Waals surface area contributed by atoms with Crippen LogP contribution in [0.1, 0.15) is 33.4 Å². The van der Waals surface area contributed by atoms with Crippen LogP contribution in [-0.2, 0) is 9.31 Å². The lowest BCUT2D eigenvalue weighted by molar-refractivity contribution is 0.00578. The third-order valence-electron chi connectivity index (χ3n) is 3.72. The molecule has 1 aliphatic rings. The van der Waals surface area contributed by atoms with E-state index in [1.807, 2.05) is 27.7 Å². The lowest BCUT2D eigenvalue weighted by Crippen LogP contribution is -2.41. The quantitative estimate of drug-likeness (QED) is 0.798. The number of methoxy groups -OCH3 is 1. The first kappa shape index (κ1) is 15.0. The second-order valence-electron chi connectivity index (χ2n) is 5.71. The third-order valence-corrected chi connectivity index (χ3v) is 3.72. The molecule has 0 N–H and O–H groups in total. The van der Waals surface area contributed by atoms with Gasteiger partial charge in [-0.2, -0.15) is 0 Å². The molecule has 0 spiro atoms. The first-order valence-electron chi connectivity index (χ1n) is 6.49. The van der Waals surface area contributed by atoms with Crippen LogP contribution in [0.2, 0.25) is 0 Å². The van der Waals surface area contributed by atoms with Crippen LogP contribution >= 0.6 is 0 Å². The van der Waals surface area contributed by atoms with Gasteiger partial charge in [-0.3, -0.25) is 0 Å². The summed E-state index contributed by atoms with van der Waals surface area (Å²) in [6, 6.07) is 2.88. The smallest absolute Gasteiger partial charge is 0.479 e. The number of rotatable bonds is 3. The Morgan fingerprint density at radius 3 is 2.35 bits per heavy atom. The van der Waals surface area contributed by atoms with Gasteiger partial charge in [0.1, 0.15) is 0 Å². The fourth-order valence-corrected chi connectivity index (χ4v) is 1.82. The summed E-state index contributed by atoms with van der Waals surface area (Å²) in [6.07, 6.45) is 1.73. The van der Waals surface area contributed by atoms with Gasteiger partial charge in [-0.1, -0.05) is 5.98 Å². The SMILES string of the molecule is COc1nc(/C=C/B2OC(C)(C)C(C)(C)O2)ccc1F. The fraction of sp³-hybridized carbons (Fsp3) is 0.500. The van der Waals surface area contributed by atoms with Crippen molar-refractivity contribution in [2.24, 2.45) is 0 Å². The standard InChI is InChI=1S/C14H19BFNO3/c1-13(2)14(3,4)20-15(19-13)9-8-10-6-7-11(16)12(17-10)18-5/h6-9H,1-5H3/b9-8+. The minimum absolute atomic E-state index is 0.0268. The molecule has 0 radical (unpaired) electrons. The summed E-state index contributed by atoms with van der Waals surface area (Å²) >= 11 is 0. The van der Waals surface area contributed by atoms with Gasteiger partial charge in [0.15, 0.2) is 5.82 Å². The highest BCUT2D eigenvalue weighted by molar-refractivity contribution is 6.52. The van der Waals surface area contributed by atoms with E-state index in [1.54, 1.807) is 18.1 Å². The predicted octanol–water partition coefficient (Wildman–Crippen LogP) is 2.87. The van der Waals surface area contributed by atoms with Crippen molar-refractivity contribution in [3.05, 3.63) is 29.6 Å². The average Bonchev–Trinajstić information content (AvgIpc) is 2.57. The third kappa shape index (κ3) is 2.86. The molecule has 1 aromatic rings. The molecular weight excluding hydrogens is 260 g/mol. The van der Waals surface area contributed by atoms with Gasteiger partial charge in [-0.25, -0.2) is 9.37 Å². The topological polar surface area (TPSA) is 40.6 Å². The van der Waals surface area contributed by atoms with Crippen molar-refractivity contribution >= 4 is 13.2 Å². The van der Waals surface area contributed by atoms with Crippen molar-refractivity contribution in [3.63, 3.8) is 0 Å². The zero-order valence-corrected chi connectivity index (χ0v) is 12.4. The van der Waals surface area contributed by atoms with Gasteiger partial charge in [-0.15, -0.1) is 0 Å². The van der Waals surface area contributed by atoms with E-state index >= 15 is 0 Å². The maximum absolute atomic E-state index is 13.3. The molecule has 1 saturated heterocycles. The van der Waals surface area contributed by atoms with Gasteiger partial charge >= 0.3 is 7.12 Å². The summed E-state index contributed by atoms with van der Waals surface area (Å²) in [5.74, 6) is 1.25. The lowest BCUT2D eigenvalue weighted by atomic mass is 9.89. The largest absolute Gasteiger partial charge is 0.487 e. The zero-order chi connectivity index (χ0) is 15.0. The number of pyridine rings is 1. The number of aromatic nitrogens is 1. The van der Waals surface area contributed by atoms with Crippen LogP contribution in [0.5, 0.6) is 5.88 Å². The van der Waals surface area contributed by atoms with E-state index in [4.69, 9.17) is 14.0 Å². The van der Waals surface area contributed by atoms with Crippen LogP contribution in [0.25, 0.3) is 6.08 Å². The van der Waals surface area contributed by atoms with E-state index in [1.165, 1.54) is 13.2 Å². The highest BCUT2D eigenvalue weighted by atomic mass is 19.1. The molecular formula is C14H19BFNO3. The Hall–Kier alpha value is -1.40. The second-order valence-corrected chi connectivity index (χ2v) is 5.71. The summed E-state index contributed by atoms with van der Waals surface area (Å²) in [6.45, 7) is 7.94. The molecule has 0 aliphatic carbocycles. The van der Waals surface area contributed by atoms with Crippen LogP contribution < -0.4 is 4.74 Å². The number of hydrogen-bond acceptors (Lipinski definition) is 4. The number of ether oxygens (including phenoxy) is 1. The molecule has 1 aromatic heterocycles. The van der Waals surface area contributed by atoms with E-state index in [0.717, 1.165) is 0 Å². The summed E-state index contributed by atoms with van der Waals surface area (Å²) in [7, 11) is 0.936. The molecule has 1 aliphatic heterocycles. The Labute approximate surface area is 119 Å². The minimum atomic E-state index is -0.486. The fourth-order valence-electron chi connectivity index (χ4n) is 1.82. The van der Waals surface area contributed by atoms with Crippen molar-refractivity contribution in [2.45, 2.75) is 38.9 Å². The molecule has 108 valence electrons. The van der Waals surface area contributed by atoms with Crippen LogP contribution in [0.3, 0.4) is 0 Å². The number of hydrogen-bond donors (Lipinski definition) is 0. The molecule has 6 heteroatoms. The van der Waals surface area contributed by atoms with Crippen molar-refractivity contribution in [1.29, 1.82) is 0 Å². The molecule has 0 aromatic carbocycles. The molecule has 2 rings (SSSR count).